The topological polar surface area (TPSA) is 69.6 Å². The van der Waals surface area contributed by atoms with Gasteiger partial charge in [0.25, 0.3) is 5.91 Å². The van der Waals surface area contributed by atoms with Gasteiger partial charge in [-0.15, -0.1) is 0 Å². The second-order valence-corrected chi connectivity index (χ2v) is 3.88. The van der Waals surface area contributed by atoms with Crippen LogP contribution in [0, 0.1) is 0 Å². The van der Waals surface area contributed by atoms with E-state index in [1.165, 1.54) is 18.2 Å². The molecule has 0 bridgehead atoms. The van der Waals surface area contributed by atoms with Crippen molar-refractivity contribution in [2.24, 2.45) is 0 Å². The molecule has 0 heterocycles. The fraction of sp³-hybridized carbons (Fsp3) is 0.300. The lowest BCUT2D eigenvalue weighted by molar-refractivity contribution is 0.0941. The molecule has 1 aromatic rings. The second kappa shape index (κ2) is 5.02. The molecule has 0 radical (unpaired) electrons. The summed E-state index contributed by atoms with van der Waals surface area (Å²) in [5.41, 5.74) is 0.0720. The first-order valence-corrected chi connectivity index (χ1v) is 5.55. The Hall–Kier alpha value is -1.23. The van der Waals surface area contributed by atoms with E-state index in [1.807, 2.05) is 6.92 Å². The highest BCUT2D eigenvalue weighted by atomic mass is 79.9. The molecule has 0 aliphatic carbocycles. The number of halogens is 1. The highest BCUT2D eigenvalue weighted by Crippen LogP contribution is 2.21. The first-order valence-electron chi connectivity index (χ1n) is 4.43. The summed E-state index contributed by atoms with van der Waals surface area (Å²) >= 11 is 3.22. The van der Waals surface area contributed by atoms with Gasteiger partial charge in [-0.3, -0.25) is 4.79 Å². The monoisotopic (exact) mass is 273 g/mol. The highest BCUT2D eigenvalue weighted by molar-refractivity contribution is 9.09. The van der Waals surface area contributed by atoms with Gasteiger partial charge < -0.3 is 15.5 Å². The van der Waals surface area contributed by atoms with Crippen molar-refractivity contribution >= 4 is 21.8 Å². The second-order valence-electron chi connectivity index (χ2n) is 3.23. The fourth-order valence-electron chi connectivity index (χ4n) is 1.05. The molecule has 82 valence electrons. The lowest BCUT2D eigenvalue weighted by Crippen LogP contribution is -2.33. The van der Waals surface area contributed by atoms with Crippen LogP contribution in [-0.4, -0.2) is 27.5 Å². The van der Waals surface area contributed by atoms with Crippen molar-refractivity contribution in [1.82, 2.24) is 5.32 Å². The zero-order chi connectivity index (χ0) is 11.4. The van der Waals surface area contributed by atoms with Crippen molar-refractivity contribution in [3.63, 3.8) is 0 Å². The lowest BCUT2D eigenvalue weighted by atomic mass is 10.1. The van der Waals surface area contributed by atoms with Crippen molar-refractivity contribution in [1.29, 1.82) is 0 Å². The molecule has 0 saturated carbocycles. The Morgan fingerprint density at radius 2 is 2.20 bits per heavy atom. The quantitative estimate of drug-likeness (QED) is 0.579. The molecule has 0 saturated heterocycles. The van der Waals surface area contributed by atoms with E-state index in [0.29, 0.717) is 5.33 Å². The van der Waals surface area contributed by atoms with Crippen LogP contribution < -0.4 is 5.32 Å². The molecule has 1 amide bonds. The molecule has 3 N–H and O–H groups in total. The van der Waals surface area contributed by atoms with Crippen LogP contribution in [-0.2, 0) is 0 Å². The summed E-state index contributed by atoms with van der Waals surface area (Å²) < 4.78 is 0. The van der Waals surface area contributed by atoms with Crippen LogP contribution >= 0.6 is 15.9 Å². The summed E-state index contributed by atoms with van der Waals surface area (Å²) in [4.78, 5) is 11.6. The molecule has 0 spiro atoms. The highest BCUT2D eigenvalue weighted by Gasteiger charge is 2.13. The minimum atomic E-state index is -0.407. The first-order chi connectivity index (χ1) is 7.04. The van der Waals surface area contributed by atoms with E-state index < -0.39 is 5.91 Å². The Labute approximate surface area is 96.1 Å². The molecule has 5 heteroatoms. The Morgan fingerprint density at radius 3 is 2.80 bits per heavy atom. The van der Waals surface area contributed by atoms with E-state index in [-0.39, 0.29) is 23.1 Å². The van der Waals surface area contributed by atoms with Crippen LogP contribution in [0.25, 0.3) is 0 Å². The molecule has 1 atom stereocenters. The Bertz CT molecular complexity index is 368. The number of hydrogen-bond donors (Lipinski definition) is 3. The molecule has 4 nitrogen and oxygen atoms in total. The van der Waals surface area contributed by atoms with Gasteiger partial charge in [-0.2, -0.15) is 0 Å². The molecule has 1 unspecified atom stereocenters. The minimum absolute atomic E-state index is 0.0424. The van der Waals surface area contributed by atoms with Crippen molar-refractivity contribution in [2.75, 3.05) is 5.33 Å². The maximum atomic E-state index is 11.6. The van der Waals surface area contributed by atoms with Crippen molar-refractivity contribution in [3.8, 4) is 11.5 Å². The van der Waals surface area contributed by atoms with Gasteiger partial charge in [-0.05, 0) is 25.1 Å². The predicted molar refractivity (Wildman–Crippen MR) is 60.5 cm³/mol. The molecule has 0 aliphatic heterocycles. The molecule has 0 aliphatic rings. The third kappa shape index (κ3) is 3.13. The van der Waals surface area contributed by atoms with Gasteiger partial charge in [-0.25, -0.2) is 0 Å². The Balaban J connectivity index is 2.86. The van der Waals surface area contributed by atoms with Gasteiger partial charge >= 0.3 is 0 Å². The van der Waals surface area contributed by atoms with Gasteiger partial charge in [0.15, 0.2) is 0 Å². The number of nitrogens with one attached hydrogen (secondary N) is 1. The third-order valence-corrected chi connectivity index (χ3v) is 2.80. The maximum absolute atomic E-state index is 11.6. The van der Waals surface area contributed by atoms with Crippen LogP contribution in [0.3, 0.4) is 0 Å². The number of carbonyl (C=O) groups is 1. The standard InChI is InChI=1S/C10H12BrNO3/c1-6(5-11)12-10(15)8-4-7(13)2-3-9(8)14/h2-4,6,13-14H,5H2,1H3,(H,12,15). The van der Waals surface area contributed by atoms with E-state index in [9.17, 15) is 15.0 Å². The fourth-order valence-corrected chi connectivity index (χ4v) is 1.21. The van der Waals surface area contributed by atoms with Gasteiger partial charge in [0.05, 0.1) is 5.56 Å². The summed E-state index contributed by atoms with van der Waals surface area (Å²) in [6.45, 7) is 1.83. The van der Waals surface area contributed by atoms with E-state index in [4.69, 9.17) is 0 Å². The zero-order valence-electron chi connectivity index (χ0n) is 8.20. The molecule has 15 heavy (non-hydrogen) atoms. The van der Waals surface area contributed by atoms with Gasteiger partial charge in [0, 0.05) is 11.4 Å². The average Bonchev–Trinajstić information content (AvgIpc) is 2.21. The number of benzene rings is 1. The summed E-state index contributed by atoms with van der Waals surface area (Å²) in [6.07, 6.45) is 0. The van der Waals surface area contributed by atoms with Gasteiger partial charge in [0.1, 0.15) is 11.5 Å². The molecule has 1 rings (SSSR count). The smallest absolute Gasteiger partial charge is 0.255 e. The SMILES string of the molecule is CC(CBr)NC(=O)c1cc(O)ccc1O. The number of rotatable bonds is 3. The molecule has 1 aromatic carbocycles. The summed E-state index contributed by atoms with van der Waals surface area (Å²) in [5.74, 6) is -0.605. The minimum Gasteiger partial charge on any atom is -0.508 e. The van der Waals surface area contributed by atoms with E-state index in [1.54, 1.807) is 0 Å². The number of amides is 1. The predicted octanol–water partition coefficient (Wildman–Crippen LogP) is 1.61. The van der Waals surface area contributed by atoms with E-state index in [0.717, 1.165) is 0 Å². The molecular formula is C10H12BrNO3. The lowest BCUT2D eigenvalue weighted by Gasteiger charge is -2.11. The number of hydrogen-bond acceptors (Lipinski definition) is 3. The van der Waals surface area contributed by atoms with Crippen LogP contribution in [0.2, 0.25) is 0 Å². The Kier molecular flexibility index (Phi) is 3.96. The van der Waals surface area contributed by atoms with Crippen LogP contribution in [0.4, 0.5) is 0 Å². The maximum Gasteiger partial charge on any atom is 0.255 e. The van der Waals surface area contributed by atoms with Crippen LogP contribution in [0.15, 0.2) is 18.2 Å². The largest absolute Gasteiger partial charge is 0.508 e. The summed E-state index contributed by atoms with van der Waals surface area (Å²) in [6, 6.07) is 3.79. The molecular weight excluding hydrogens is 262 g/mol. The van der Waals surface area contributed by atoms with Crippen molar-refractivity contribution < 1.29 is 15.0 Å². The average molecular weight is 274 g/mol. The van der Waals surface area contributed by atoms with Crippen molar-refractivity contribution in [2.45, 2.75) is 13.0 Å². The van der Waals surface area contributed by atoms with E-state index in [2.05, 4.69) is 21.2 Å². The number of aromatic hydroxyl groups is 2. The Morgan fingerprint density at radius 1 is 1.53 bits per heavy atom. The van der Waals surface area contributed by atoms with E-state index >= 15 is 0 Å². The first kappa shape index (κ1) is 11.8. The summed E-state index contributed by atoms with van der Waals surface area (Å²) in [7, 11) is 0. The number of alkyl halides is 1. The van der Waals surface area contributed by atoms with Gasteiger partial charge in [0.2, 0.25) is 0 Å². The zero-order valence-corrected chi connectivity index (χ0v) is 9.78. The van der Waals surface area contributed by atoms with Crippen molar-refractivity contribution in [3.05, 3.63) is 23.8 Å². The van der Waals surface area contributed by atoms with Crippen LogP contribution in [0.5, 0.6) is 11.5 Å². The normalized spacial score (nSPS) is 12.1. The number of carbonyl (C=O) groups excluding carboxylic acids is 1. The molecule has 0 fully saturated rings. The number of phenols is 2. The molecule has 0 aromatic heterocycles. The van der Waals surface area contributed by atoms with Gasteiger partial charge in [-0.1, -0.05) is 15.9 Å². The van der Waals surface area contributed by atoms with Crippen LogP contribution in [0.1, 0.15) is 17.3 Å². The summed E-state index contributed by atoms with van der Waals surface area (Å²) in [5, 5.41) is 21.9. The number of phenolic OH excluding ortho intramolecular Hbond substituents is 2. The third-order valence-electron chi connectivity index (χ3n) is 1.83.